The third kappa shape index (κ3) is 19.5. The van der Waals surface area contributed by atoms with Gasteiger partial charge < -0.3 is 34.9 Å². The van der Waals surface area contributed by atoms with Crippen LogP contribution < -0.4 is 149 Å². The van der Waals surface area contributed by atoms with E-state index in [1.165, 1.54) is 0 Å². The topological polar surface area (TPSA) is 389 Å². The van der Waals surface area contributed by atoms with Gasteiger partial charge in [0, 0.05) is 36.8 Å². The van der Waals surface area contributed by atoms with Crippen molar-refractivity contribution in [3.63, 3.8) is 0 Å². The Kier molecular flexibility index (Phi) is 24.8. The molecule has 0 aliphatic heterocycles. The number of halogens is 2. The van der Waals surface area contributed by atoms with Gasteiger partial charge in [-0.05, 0) is 28.1 Å². The van der Waals surface area contributed by atoms with Gasteiger partial charge >= 0.3 is 118 Å². The standard InChI is InChI=1S/C24H27Cl2N12O13S5.4Na/c1-13(54(43,44)45)11-29-23-35-19(25)33-21(37-23)27-4-6-30-52(39,40)12-53(41,42)31-7-5-28-22-34-20(26)36-24(38-22)32-17-9-14-2-3-16(55(46,47)48)8-15(14)10-18(17)56(49,50)51;;;;/h3,8-10,30-31H,1,4-7,11-12H2,(H,43,44,45)(H,46,47,48)(H,49,50,51)(H2,27,29,33,35,37)(H2,28,32,34,36,38);;;;/q-1;4*+1/p-3. The number of fused-ring (bicyclic) bond motifs is 1. The molecular weight excluding hydrogens is 988 g/mol. The van der Waals surface area contributed by atoms with Gasteiger partial charge in [-0.25, -0.2) is 51.5 Å². The van der Waals surface area contributed by atoms with Gasteiger partial charge in [0.15, 0.2) is 5.08 Å². The van der Waals surface area contributed by atoms with Gasteiger partial charge in [0.2, 0.25) is 54.4 Å². The number of rotatable bonds is 20. The van der Waals surface area contributed by atoms with Crippen LogP contribution in [0.1, 0.15) is 0 Å². The molecule has 2 heterocycles. The summed E-state index contributed by atoms with van der Waals surface area (Å²) in [7, 11) is -23.8. The zero-order valence-electron chi connectivity index (χ0n) is 31.5. The minimum atomic E-state index is -5.21. The van der Waals surface area contributed by atoms with Crippen LogP contribution in [0.4, 0.5) is 29.5 Å². The molecule has 0 aliphatic rings. The Bertz CT molecular complexity index is 2750. The van der Waals surface area contributed by atoms with Gasteiger partial charge in [-0.15, -0.1) is 35.0 Å². The van der Waals surface area contributed by atoms with Crippen molar-refractivity contribution in [2.45, 2.75) is 9.79 Å². The molecule has 0 bridgehead atoms. The molecule has 0 unspecified atom stereocenters. The van der Waals surface area contributed by atoms with Crippen molar-refractivity contribution in [2.75, 3.05) is 59.1 Å². The molecular formula is C24H24Cl2N12Na4O13S5. The summed E-state index contributed by atoms with van der Waals surface area (Å²) in [6.07, 6.45) is 0. The molecule has 60 heavy (non-hydrogen) atoms. The van der Waals surface area contributed by atoms with Crippen LogP contribution in [0.15, 0.2) is 45.5 Å². The molecule has 0 spiro atoms. The van der Waals surface area contributed by atoms with Gasteiger partial charge in [0.1, 0.15) is 20.2 Å². The molecule has 0 saturated carbocycles. The van der Waals surface area contributed by atoms with Crippen LogP contribution in [-0.2, 0) is 50.4 Å². The molecule has 2 aromatic carbocycles. The fourth-order valence-electron chi connectivity index (χ4n) is 4.06. The van der Waals surface area contributed by atoms with Crippen molar-refractivity contribution < 1.29 is 174 Å². The summed E-state index contributed by atoms with van der Waals surface area (Å²) in [5.41, 5.74) is -0.383. The van der Waals surface area contributed by atoms with E-state index in [9.17, 15) is 55.7 Å². The van der Waals surface area contributed by atoms with Gasteiger partial charge in [0.05, 0.1) is 21.6 Å². The van der Waals surface area contributed by atoms with Crippen molar-refractivity contribution in [2.24, 2.45) is 0 Å². The predicted octanol–water partition coefficient (Wildman–Crippen LogP) is -13.3. The molecule has 0 amide bonds. The maximum absolute atomic E-state index is 12.5. The second-order valence-corrected chi connectivity index (χ2v) is 19.5. The molecule has 0 aliphatic carbocycles. The zero-order valence-corrected chi connectivity index (χ0v) is 45.1. The van der Waals surface area contributed by atoms with E-state index < -0.39 is 94.5 Å². The Labute approximate surface area is 442 Å². The maximum atomic E-state index is 12.5. The quantitative estimate of drug-likeness (QED) is 0.0207. The van der Waals surface area contributed by atoms with Gasteiger partial charge in [-0.2, -0.15) is 29.9 Å². The summed E-state index contributed by atoms with van der Waals surface area (Å²) in [5.74, 6) is -1.11. The van der Waals surface area contributed by atoms with Crippen molar-refractivity contribution >= 4 is 114 Å². The smallest absolute Gasteiger partial charge is 0.752 e. The molecule has 4 rings (SSSR count). The molecule has 4 aromatic rings. The minimum absolute atomic E-state index is 0. The van der Waals surface area contributed by atoms with Crippen molar-refractivity contribution in [1.82, 2.24) is 39.3 Å². The van der Waals surface area contributed by atoms with Crippen LogP contribution >= 0.6 is 23.2 Å². The van der Waals surface area contributed by atoms with E-state index in [2.05, 4.69) is 63.8 Å². The van der Waals surface area contributed by atoms with E-state index in [0.29, 0.717) is 0 Å². The van der Waals surface area contributed by atoms with Gasteiger partial charge in [-0.1, -0.05) is 12.6 Å². The fraction of sp³-hybridized carbons (Fsp3) is 0.250. The summed E-state index contributed by atoms with van der Waals surface area (Å²) < 4.78 is 157. The number of aromatic nitrogens is 6. The van der Waals surface area contributed by atoms with Crippen molar-refractivity contribution in [3.05, 3.63) is 52.4 Å². The van der Waals surface area contributed by atoms with Crippen LogP contribution in [0.25, 0.3) is 10.8 Å². The van der Waals surface area contributed by atoms with Gasteiger partial charge in [-0.3, -0.25) is 0 Å². The Balaban J connectivity index is 0.00000870. The molecule has 306 valence electrons. The second-order valence-electron chi connectivity index (χ2n) is 10.6. The Morgan fingerprint density at radius 3 is 1.57 bits per heavy atom. The summed E-state index contributed by atoms with van der Waals surface area (Å²) in [5, 5.41) is 7.87. The SMILES string of the molecule is C=C(CNc1nc(Cl)nc(NCCNS(=O)(=O)CS(=O)(=O)NCCNc2nc(Cl)nc(Nc3cc4[c-]cc(S(=O)(=O)[O-])cc4cc3S(=O)(=O)[O-])n2)n1)S(=O)(=O)[O-].[Na+].[Na+].[Na+].[Na+]. The molecule has 25 nitrogen and oxygen atoms in total. The van der Waals surface area contributed by atoms with Crippen LogP contribution in [0.2, 0.25) is 10.6 Å². The van der Waals surface area contributed by atoms with Crippen LogP contribution in [0.3, 0.4) is 0 Å². The van der Waals surface area contributed by atoms with E-state index in [0.717, 1.165) is 24.3 Å². The first-order valence-electron chi connectivity index (χ1n) is 14.6. The van der Waals surface area contributed by atoms with E-state index in [1.54, 1.807) is 0 Å². The summed E-state index contributed by atoms with van der Waals surface area (Å²) in [4.78, 5) is 20.6. The van der Waals surface area contributed by atoms with Crippen LogP contribution in [-0.4, -0.2) is 123 Å². The summed E-state index contributed by atoms with van der Waals surface area (Å²) in [6, 6.07) is 6.13. The average Bonchev–Trinajstić information content (AvgIpc) is 3.05. The third-order valence-corrected chi connectivity index (χ3v) is 13.1. The third-order valence-electron chi connectivity index (χ3n) is 6.41. The van der Waals surface area contributed by atoms with E-state index in [1.807, 2.05) is 9.44 Å². The Hall–Kier alpha value is -0.210. The number of nitrogens with zero attached hydrogens (tertiary/aromatic N) is 6. The normalized spacial score (nSPS) is 11.8. The predicted molar refractivity (Wildman–Crippen MR) is 195 cm³/mol. The summed E-state index contributed by atoms with van der Waals surface area (Å²) >= 11 is 11.7. The number of hydrogen-bond acceptors (Lipinski definition) is 23. The number of nitrogens with one attached hydrogen (secondary N) is 6. The number of sulfonamides is 2. The number of benzene rings is 2. The zero-order chi connectivity index (χ0) is 41.7. The first-order chi connectivity index (χ1) is 25.8. The maximum Gasteiger partial charge on any atom is 1.00 e. The molecule has 0 radical (unpaired) electrons. The first kappa shape index (κ1) is 59.8. The number of hydrogen-bond donors (Lipinski definition) is 6. The fourth-order valence-corrected chi connectivity index (χ4v) is 8.88. The average molecular weight is 1010 g/mol. The minimum Gasteiger partial charge on any atom is -0.752 e. The number of anilines is 5. The monoisotopic (exact) mass is 1010 g/mol. The largest absolute Gasteiger partial charge is 1.00 e. The Morgan fingerprint density at radius 1 is 0.633 bits per heavy atom. The molecule has 2 aromatic heterocycles. The first-order valence-corrected chi connectivity index (χ1v) is 22.9. The van der Waals surface area contributed by atoms with Crippen LogP contribution in [0.5, 0.6) is 0 Å². The molecule has 6 N–H and O–H groups in total. The van der Waals surface area contributed by atoms with Crippen molar-refractivity contribution in [3.8, 4) is 0 Å². The van der Waals surface area contributed by atoms with E-state index in [4.69, 9.17) is 23.2 Å². The summed E-state index contributed by atoms with van der Waals surface area (Å²) in [6.45, 7) is 1.38. The van der Waals surface area contributed by atoms with Gasteiger partial charge in [0.25, 0.3) is 0 Å². The molecule has 36 heteroatoms. The van der Waals surface area contributed by atoms with E-state index in [-0.39, 0.29) is 177 Å². The second kappa shape index (κ2) is 24.9. The molecule has 0 fully saturated rings. The molecule has 0 saturated heterocycles. The van der Waals surface area contributed by atoms with Crippen LogP contribution in [0, 0.1) is 6.07 Å². The Morgan fingerprint density at radius 2 is 1.10 bits per heavy atom. The molecule has 0 atom stereocenters. The van der Waals surface area contributed by atoms with Crippen molar-refractivity contribution in [1.29, 1.82) is 0 Å². The van der Waals surface area contributed by atoms with E-state index >= 15 is 0 Å².